The SMILES string of the molecule is Cc1cc2c(s1)Cc1c(C(=O)O)nn(-c3ccc(Cl)cc3Cl)c1-2. The maximum atomic E-state index is 11.6. The van der Waals surface area contributed by atoms with Crippen LogP contribution < -0.4 is 0 Å². The van der Waals surface area contributed by atoms with Crippen molar-refractivity contribution in [3.8, 4) is 16.9 Å². The molecule has 4 rings (SSSR count). The molecule has 0 unspecified atom stereocenters. The normalized spacial score (nSPS) is 12.3. The topological polar surface area (TPSA) is 55.1 Å². The third-order valence-corrected chi connectivity index (χ3v) is 5.44. The molecule has 0 amide bonds. The van der Waals surface area contributed by atoms with Gasteiger partial charge < -0.3 is 5.11 Å². The average molecular weight is 365 g/mol. The van der Waals surface area contributed by atoms with Gasteiger partial charge >= 0.3 is 5.97 Å². The van der Waals surface area contributed by atoms with Crippen LogP contribution in [0.1, 0.15) is 25.8 Å². The molecule has 0 aliphatic heterocycles. The molecule has 0 saturated carbocycles. The molecule has 7 heteroatoms. The summed E-state index contributed by atoms with van der Waals surface area (Å²) in [6.07, 6.45) is 0.593. The molecular weight excluding hydrogens is 355 g/mol. The highest BCUT2D eigenvalue weighted by atomic mass is 35.5. The molecule has 0 saturated heterocycles. The van der Waals surface area contributed by atoms with Crippen molar-refractivity contribution in [3.05, 3.63) is 55.3 Å². The minimum absolute atomic E-state index is 0.0760. The smallest absolute Gasteiger partial charge is 0.356 e. The lowest BCUT2D eigenvalue weighted by molar-refractivity contribution is 0.0689. The lowest BCUT2D eigenvalue weighted by Gasteiger charge is -2.08. The Morgan fingerprint density at radius 3 is 2.83 bits per heavy atom. The summed E-state index contributed by atoms with van der Waals surface area (Å²) in [5, 5.41) is 14.7. The van der Waals surface area contributed by atoms with Crippen LogP contribution in [0.15, 0.2) is 24.3 Å². The van der Waals surface area contributed by atoms with Crippen molar-refractivity contribution < 1.29 is 9.90 Å². The number of carboxylic acid groups (broad SMARTS) is 1. The summed E-state index contributed by atoms with van der Waals surface area (Å²) >= 11 is 13.9. The summed E-state index contributed by atoms with van der Waals surface area (Å²) < 4.78 is 1.62. The molecule has 0 bridgehead atoms. The first-order chi connectivity index (χ1) is 11.0. The van der Waals surface area contributed by atoms with Crippen LogP contribution in [0.3, 0.4) is 0 Å². The number of fused-ring (bicyclic) bond motifs is 3. The number of rotatable bonds is 2. The number of hydrogen-bond donors (Lipinski definition) is 1. The quantitative estimate of drug-likeness (QED) is 0.554. The molecule has 1 N–H and O–H groups in total. The number of aromatic carboxylic acids is 1. The molecule has 2 heterocycles. The number of nitrogens with zero attached hydrogens (tertiary/aromatic N) is 2. The van der Waals surface area contributed by atoms with Crippen LogP contribution in [0.4, 0.5) is 0 Å². The number of benzene rings is 1. The van der Waals surface area contributed by atoms with Gasteiger partial charge in [0.15, 0.2) is 5.69 Å². The van der Waals surface area contributed by atoms with E-state index in [-0.39, 0.29) is 5.69 Å². The molecule has 23 heavy (non-hydrogen) atoms. The van der Waals surface area contributed by atoms with Crippen molar-refractivity contribution in [1.29, 1.82) is 0 Å². The molecule has 2 aromatic heterocycles. The van der Waals surface area contributed by atoms with Crippen LogP contribution in [0.2, 0.25) is 10.0 Å². The summed E-state index contributed by atoms with van der Waals surface area (Å²) in [5.74, 6) is -1.03. The van der Waals surface area contributed by atoms with Gasteiger partial charge in [-0.3, -0.25) is 0 Å². The van der Waals surface area contributed by atoms with E-state index in [0.29, 0.717) is 22.2 Å². The molecule has 0 fully saturated rings. The largest absolute Gasteiger partial charge is 0.476 e. The number of carboxylic acids is 1. The van der Waals surface area contributed by atoms with E-state index < -0.39 is 5.97 Å². The molecule has 0 atom stereocenters. The van der Waals surface area contributed by atoms with Crippen molar-refractivity contribution in [2.45, 2.75) is 13.3 Å². The van der Waals surface area contributed by atoms with Crippen molar-refractivity contribution >= 4 is 40.5 Å². The van der Waals surface area contributed by atoms with Gasteiger partial charge in [0.25, 0.3) is 0 Å². The van der Waals surface area contributed by atoms with Crippen molar-refractivity contribution in [2.75, 3.05) is 0 Å². The summed E-state index contributed by atoms with van der Waals surface area (Å²) in [6.45, 7) is 2.04. The summed E-state index contributed by atoms with van der Waals surface area (Å²) in [7, 11) is 0. The van der Waals surface area contributed by atoms with Gasteiger partial charge in [-0.25, -0.2) is 9.48 Å². The molecule has 4 nitrogen and oxygen atoms in total. The van der Waals surface area contributed by atoms with Crippen molar-refractivity contribution in [3.63, 3.8) is 0 Å². The second kappa shape index (κ2) is 5.09. The van der Waals surface area contributed by atoms with Crippen LogP contribution in [-0.2, 0) is 6.42 Å². The Balaban J connectivity index is 2.02. The first-order valence-corrected chi connectivity index (χ1v) is 8.43. The Morgan fingerprint density at radius 1 is 1.35 bits per heavy atom. The number of aryl methyl sites for hydroxylation is 1. The number of halogens is 2. The van der Waals surface area contributed by atoms with Crippen molar-refractivity contribution in [2.24, 2.45) is 0 Å². The molecule has 0 radical (unpaired) electrons. The second-order valence-electron chi connectivity index (χ2n) is 5.36. The fourth-order valence-electron chi connectivity index (χ4n) is 2.95. The third-order valence-electron chi connectivity index (χ3n) is 3.85. The Kier molecular flexibility index (Phi) is 3.27. The van der Waals surface area contributed by atoms with Gasteiger partial charge in [0.2, 0.25) is 0 Å². The maximum Gasteiger partial charge on any atom is 0.356 e. The van der Waals surface area contributed by atoms with Gasteiger partial charge in [-0.2, -0.15) is 5.10 Å². The van der Waals surface area contributed by atoms with E-state index in [2.05, 4.69) is 11.2 Å². The van der Waals surface area contributed by atoms with Crippen LogP contribution >= 0.6 is 34.5 Å². The lowest BCUT2D eigenvalue weighted by Crippen LogP contribution is -2.04. The Morgan fingerprint density at radius 2 is 2.13 bits per heavy atom. The number of thiophene rings is 1. The number of hydrogen-bond acceptors (Lipinski definition) is 3. The standard InChI is InChI=1S/C16H10Cl2N2O2S/c1-7-4-9-13(23-7)6-10-14(16(21)22)19-20(15(9)10)12-3-2-8(17)5-11(12)18/h2-5H,6H2,1H3,(H,21,22). The van der Waals surface area contributed by atoms with E-state index >= 15 is 0 Å². The maximum absolute atomic E-state index is 11.6. The zero-order valence-electron chi connectivity index (χ0n) is 11.9. The van der Waals surface area contributed by atoms with Crippen LogP contribution in [0.5, 0.6) is 0 Å². The fourth-order valence-corrected chi connectivity index (χ4v) is 4.48. The highest BCUT2D eigenvalue weighted by Gasteiger charge is 2.32. The molecule has 0 spiro atoms. The minimum Gasteiger partial charge on any atom is -0.476 e. The van der Waals surface area contributed by atoms with Gasteiger partial charge in [0.1, 0.15) is 0 Å². The predicted octanol–water partition coefficient (Wildman–Crippen LogP) is 4.82. The van der Waals surface area contributed by atoms with E-state index in [9.17, 15) is 9.90 Å². The predicted molar refractivity (Wildman–Crippen MR) is 91.4 cm³/mol. The van der Waals surface area contributed by atoms with Crippen LogP contribution in [0.25, 0.3) is 16.9 Å². The lowest BCUT2D eigenvalue weighted by atomic mass is 10.1. The van der Waals surface area contributed by atoms with E-state index in [1.54, 1.807) is 34.2 Å². The van der Waals surface area contributed by atoms with Crippen molar-refractivity contribution in [1.82, 2.24) is 9.78 Å². The highest BCUT2D eigenvalue weighted by molar-refractivity contribution is 7.12. The van der Waals surface area contributed by atoms with Crippen LogP contribution in [0, 0.1) is 6.92 Å². The molecule has 1 aliphatic rings. The Bertz CT molecular complexity index is 975. The first kappa shape index (κ1) is 14.8. The summed E-state index contributed by atoms with van der Waals surface area (Å²) in [5.41, 5.74) is 3.29. The van der Waals surface area contributed by atoms with Gasteiger partial charge in [-0.15, -0.1) is 11.3 Å². The van der Waals surface area contributed by atoms with Gasteiger partial charge in [0.05, 0.1) is 16.4 Å². The molecule has 1 aromatic carbocycles. The van der Waals surface area contributed by atoms with Crippen LogP contribution in [-0.4, -0.2) is 20.9 Å². The fraction of sp³-hybridized carbons (Fsp3) is 0.125. The van der Waals surface area contributed by atoms with E-state index in [4.69, 9.17) is 23.2 Å². The highest BCUT2D eigenvalue weighted by Crippen LogP contribution is 2.44. The third kappa shape index (κ3) is 2.19. The minimum atomic E-state index is -1.03. The van der Waals surface area contributed by atoms with E-state index in [1.807, 2.05) is 6.92 Å². The van der Waals surface area contributed by atoms with Gasteiger partial charge in [0, 0.05) is 32.3 Å². The monoisotopic (exact) mass is 364 g/mol. The van der Waals surface area contributed by atoms with E-state index in [0.717, 1.165) is 21.7 Å². The molecule has 3 aromatic rings. The van der Waals surface area contributed by atoms with E-state index in [1.165, 1.54) is 4.88 Å². The van der Waals surface area contributed by atoms with Gasteiger partial charge in [-0.05, 0) is 31.2 Å². The summed E-state index contributed by atoms with van der Waals surface area (Å²) in [6, 6.07) is 7.16. The average Bonchev–Trinajstić information content (AvgIpc) is 3.08. The zero-order chi connectivity index (χ0) is 16.3. The molecule has 1 aliphatic carbocycles. The number of carbonyl (C=O) groups is 1. The number of aromatic nitrogens is 2. The Labute approximate surface area is 145 Å². The Hall–Kier alpha value is -1.82. The summed E-state index contributed by atoms with van der Waals surface area (Å²) in [4.78, 5) is 13.9. The molecular formula is C16H10Cl2N2O2S. The zero-order valence-corrected chi connectivity index (χ0v) is 14.3. The molecule has 116 valence electrons. The second-order valence-corrected chi connectivity index (χ2v) is 7.54. The first-order valence-electron chi connectivity index (χ1n) is 6.86. The van der Waals surface area contributed by atoms with Gasteiger partial charge in [-0.1, -0.05) is 23.2 Å².